The van der Waals surface area contributed by atoms with Gasteiger partial charge in [0.15, 0.2) is 0 Å². The minimum absolute atomic E-state index is 0.620. The van der Waals surface area contributed by atoms with Gasteiger partial charge in [0, 0.05) is 19.6 Å². The monoisotopic (exact) mass is 281 g/mol. The Morgan fingerprint density at radius 3 is 2.79 bits per heavy atom. The lowest BCUT2D eigenvalue weighted by atomic mass is 10.2. The third-order valence-electron chi connectivity index (χ3n) is 2.80. The van der Waals surface area contributed by atoms with Gasteiger partial charge < -0.3 is 10.2 Å². The van der Waals surface area contributed by atoms with Gasteiger partial charge in [0.05, 0.1) is 10.7 Å². The maximum atomic E-state index is 6.20. The predicted molar refractivity (Wildman–Crippen MR) is 83.9 cm³/mol. The number of rotatable bonds is 8. The van der Waals surface area contributed by atoms with E-state index in [2.05, 4.69) is 42.6 Å². The highest BCUT2D eigenvalue weighted by atomic mass is 35.5. The summed E-state index contributed by atoms with van der Waals surface area (Å²) in [6.45, 7) is 13.6. The molecule has 1 heterocycles. The average molecular weight is 282 g/mol. The zero-order valence-corrected chi connectivity index (χ0v) is 12.9. The maximum Gasteiger partial charge on any atom is 0.129 e. The predicted octanol–water partition coefficient (Wildman–Crippen LogP) is 3.49. The Kier molecular flexibility index (Phi) is 6.89. The fraction of sp³-hybridized carbons (Fsp3) is 0.533. The zero-order valence-electron chi connectivity index (χ0n) is 12.1. The molecule has 19 heavy (non-hydrogen) atoms. The lowest BCUT2D eigenvalue weighted by Gasteiger charge is -2.21. The van der Waals surface area contributed by atoms with Crippen LogP contribution in [0.15, 0.2) is 24.8 Å². The van der Waals surface area contributed by atoms with Crippen LogP contribution in [-0.4, -0.2) is 24.6 Å². The standard InChI is InChI=1S/C15H24ClN3/c1-5-9-19(6-2)15-8-7-13(16)14(18-15)11-17-10-12(3)4/h5,7-8,12,17H,1,6,9-11H2,2-4H3. The largest absolute Gasteiger partial charge is 0.353 e. The van der Waals surface area contributed by atoms with Gasteiger partial charge in [-0.15, -0.1) is 6.58 Å². The minimum Gasteiger partial charge on any atom is -0.353 e. The summed E-state index contributed by atoms with van der Waals surface area (Å²) in [7, 11) is 0. The van der Waals surface area contributed by atoms with Crippen LogP contribution >= 0.6 is 11.6 Å². The molecule has 0 aliphatic heterocycles. The quantitative estimate of drug-likeness (QED) is 0.740. The maximum absolute atomic E-state index is 6.20. The first-order valence-corrected chi connectivity index (χ1v) is 7.18. The van der Waals surface area contributed by atoms with Crippen molar-refractivity contribution in [3.05, 3.63) is 35.5 Å². The van der Waals surface area contributed by atoms with Crippen molar-refractivity contribution in [2.75, 3.05) is 24.5 Å². The van der Waals surface area contributed by atoms with E-state index in [1.165, 1.54) is 0 Å². The molecule has 0 aliphatic rings. The van der Waals surface area contributed by atoms with Crippen LogP contribution < -0.4 is 10.2 Å². The van der Waals surface area contributed by atoms with Crippen molar-refractivity contribution in [1.29, 1.82) is 0 Å². The van der Waals surface area contributed by atoms with E-state index in [0.29, 0.717) is 12.5 Å². The second-order valence-corrected chi connectivity index (χ2v) is 5.36. The number of likely N-dealkylation sites (N-methyl/N-ethyl adjacent to an activating group) is 1. The van der Waals surface area contributed by atoms with Crippen molar-refractivity contribution >= 4 is 17.4 Å². The van der Waals surface area contributed by atoms with Crippen LogP contribution in [0.5, 0.6) is 0 Å². The van der Waals surface area contributed by atoms with Crippen molar-refractivity contribution in [3.63, 3.8) is 0 Å². The van der Waals surface area contributed by atoms with Gasteiger partial charge in [0.25, 0.3) is 0 Å². The SMILES string of the molecule is C=CCN(CC)c1ccc(Cl)c(CNCC(C)C)n1. The number of nitrogens with one attached hydrogen (secondary N) is 1. The van der Waals surface area contributed by atoms with E-state index in [1.54, 1.807) is 0 Å². The van der Waals surface area contributed by atoms with Crippen LogP contribution in [-0.2, 0) is 6.54 Å². The van der Waals surface area contributed by atoms with E-state index >= 15 is 0 Å². The Bertz CT molecular complexity index is 404. The summed E-state index contributed by atoms with van der Waals surface area (Å²) in [6, 6.07) is 3.88. The van der Waals surface area contributed by atoms with Crippen molar-refractivity contribution in [3.8, 4) is 0 Å². The number of aromatic nitrogens is 1. The summed E-state index contributed by atoms with van der Waals surface area (Å²) < 4.78 is 0. The number of hydrogen-bond donors (Lipinski definition) is 1. The molecule has 0 atom stereocenters. The van der Waals surface area contributed by atoms with Gasteiger partial charge in [-0.05, 0) is 31.5 Å². The van der Waals surface area contributed by atoms with E-state index in [0.717, 1.165) is 36.2 Å². The molecule has 4 heteroatoms. The summed E-state index contributed by atoms with van der Waals surface area (Å²) in [4.78, 5) is 6.80. The first kappa shape index (κ1) is 16.0. The fourth-order valence-corrected chi connectivity index (χ4v) is 1.96. The Hall–Kier alpha value is -1.06. The minimum atomic E-state index is 0.620. The molecule has 0 radical (unpaired) electrons. The number of pyridine rings is 1. The molecular formula is C15H24ClN3. The molecule has 0 saturated carbocycles. The van der Waals surface area contributed by atoms with Gasteiger partial charge in [-0.2, -0.15) is 0 Å². The Morgan fingerprint density at radius 2 is 2.21 bits per heavy atom. The number of anilines is 1. The van der Waals surface area contributed by atoms with Crippen LogP contribution in [0.25, 0.3) is 0 Å². The summed E-state index contributed by atoms with van der Waals surface area (Å²) in [5.74, 6) is 1.57. The molecule has 0 bridgehead atoms. The van der Waals surface area contributed by atoms with Gasteiger partial charge in [0.1, 0.15) is 5.82 Å². The third-order valence-corrected chi connectivity index (χ3v) is 3.15. The molecule has 1 rings (SSSR count). The molecule has 0 unspecified atom stereocenters. The van der Waals surface area contributed by atoms with Crippen molar-refractivity contribution < 1.29 is 0 Å². The number of halogens is 1. The van der Waals surface area contributed by atoms with Crippen LogP contribution in [0, 0.1) is 5.92 Å². The molecule has 0 saturated heterocycles. The molecule has 0 aromatic carbocycles. The van der Waals surface area contributed by atoms with Crippen molar-refractivity contribution in [1.82, 2.24) is 10.3 Å². The molecule has 1 aromatic rings. The Balaban J connectivity index is 2.77. The van der Waals surface area contributed by atoms with Crippen molar-refractivity contribution in [2.45, 2.75) is 27.3 Å². The van der Waals surface area contributed by atoms with Crippen LogP contribution in [0.2, 0.25) is 5.02 Å². The van der Waals surface area contributed by atoms with Gasteiger partial charge in [-0.3, -0.25) is 0 Å². The van der Waals surface area contributed by atoms with Gasteiger partial charge in [-0.1, -0.05) is 31.5 Å². The molecule has 0 amide bonds. The highest BCUT2D eigenvalue weighted by Crippen LogP contribution is 2.19. The van der Waals surface area contributed by atoms with Gasteiger partial charge >= 0.3 is 0 Å². The lowest BCUT2D eigenvalue weighted by Crippen LogP contribution is -2.25. The molecule has 0 fully saturated rings. The van der Waals surface area contributed by atoms with Gasteiger partial charge in [-0.25, -0.2) is 4.98 Å². The van der Waals surface area contributed by atoms with Crippen LogP contribution in [0.1, 0.15) is 26.5 Å². The Morgan fingerprint density at radius 1 is 1.47 bits per heavy atom. The van der Waals surface area contributed by atoms with E-state index in [4.69, 9.17) is 11.6 Å². The average Bonchev–Trinajstić information content (AvgIpc) is 2.38. The highest BCUT2D eigenvalue weighted by molar-refractivity contribution is 6.31. The second-order valence-electron chi connectivity index (χ2n) is 4.95. The first-order valence-electron chi connectivity index (χ1n) is 6.80. The smallest absolute Gasteiger partial charge is 0.129 e. The Labute approximate surface area is 121 Å². The van der Waals surface area contributed by atoms with Crippen LogP contribution in [0.4, 0.5) is 5.82 Å². The normalized spacial score (nSPS) is 10.8. The molecular weight excluding hydrogens is 258 g/mol. The summed E-state index contributed by atoms with van der Waals surface area (Å²) in [5, 5.41) is 4.09. The molecule has 106 valence electrons. The summed E-state index contributed by atoms with van der Waals surface area (Å²) in [6.07, 6.45) is 1.89. The van der Waals surface area contributed by atoms with Crippen molar-refractivity contribution in [2.24, 2.45) is 5.92 Å². The summed E-state index contributed by atoms with van der Waals surface area (Å²) >= 11 is 6.20. The molecule has 3 nitrogen and oxygen atoms in total. The highest BCUT2D eigenvalue weighted by Gasteiger charge is 2.08. The van der Waals surface area contributed by atoms with E-state index in [1.807, 2.05) is 18.2 Å². The lowest BCUT2D eigenvalue weighted by molar-refractivity contribution is 0.548. The molecule has 0 aliphatic carbocycles. The topological polar surface area (TPSA) is 28.2 Å². The van der Waals surface area contributed by atoms with E-state index < -0.39 is 0 Å². The third kappa shape index (κ3) is 5.21. The van der Waals surface area contributed by atoms with Crippen LogP contribution in [0.3, 0.4) is 0 Å². The first-order chi connectivity index (χ1) is 9.08. The van der Waals surface area contributed by atoms with E-state index in [-0.39, 0.29) is 0 Å². The van der Waals surface area contributed by atoms with E-state index in [9.17, 15) is 0 Å². The van der Waals surface area contributed by atoms with Gasteiger partial charge in [0.2, 0.25) is 0 Å². The number of nitrogens with zero attached hydrogens (tertiary/aromatic N) is 2. The number of hydrogen-bond acceptors (Lipinski definition) is 3. The molecule has 0 spiro atoms. The second kappa shape index (κ2) is 8.18. The summed E-state index contributed by atoms with van der Waals surface area (Å²) in [5.41, 5.74) is 0.905. The molecule has 1 N–H and O–H groups in total. The molecule has 1 aromatic heterocycles. The zero-order chi connectivity index (χ0) is 14.3. The fourth-order valence-electron chi connectivity index (χ4n) is 1.79.